The van der Waals surface area contributed by atoms with Gasteiger partial charge in [0.25, 0.3) is 0 Å². The number of H-pyrrole nitrogens is 1. The van der Waals surface area contributed by atoms with Crippen LogP contribution < -0.4 is 9.72 Å². The van der Waals surface area contributed by atoms with Crippen molar-refractivity contribution in [3.05, 3.63) is 65.6 Å². The quantitative estimate of drug-likeness (QED) is 0.637. The first-order valence-electron chi connectivity index (χ1n) is 6.39. The predicted octanol–water partition coefficient (Wildman–Crippen LogP) is 1.85. The van der Waals surface area contributed by atoms with Gasteiger partial charge in [-0.25, -0.2) is 14.8 Å². The number of rotatable bonds is 3. The van der Waals surface area contributed by atoms with Crippen LogP contribution in [0.2, 0.25) is 0 Å². The van der Waals surface area contributed by atoms with Crippen LogP contribution >= 0.6 is 0 Å². The number of hydrogen-bond acceptors (Lipinski definition) is 4. The van der Waals surface area contributed by atoms with E-state index in [1.165, 1.54) is 0 Å². The molecular formula is C16H13N2O3+. The van der Waals surface area contributed by atoms with Gasteiger partial charge in [0.2, 0.25) is 5.90 Å². The molecule has 2 aromatic rings. The normalized spacial score (nSPS) is 15.8. The Morgan fingerprint density at radius 3 is 2.95 bits per heavy atom. The second-order valence-electron chi connectivity index (χ2n) is 4.40. The number of aromatic amines is 1. The maximum atomic E-state index is 11.9. The molecule has 3 rings (SSSR count). The number of cyclic esters (lactones) is 1. The van der Waals surface area contributed by atoms with E-state index in [1.54, 1.807) is 31.6 Å². The summed E-state index contributed by atoms with van der Waals surface area (Å²) < 4.78 is 10.4. The Labute approximate surface area is 121 Å². The van der Waals surface area contributed by atoms with Crippen molar-refractivity contribution in [1.82, 2.24) is 0 Å². The summed E-state index contributed by atoms with van der Waals surface area (Å²) >= 11 is 0. The van der Waals surface area contributed by atoms with E-state index in [-0.39, 0.29) is 11.6 Å². The molecule has 1 aliphatic heterocycles. The van der Waals surface area contributed by atoms with E-state index >= 15 is 0 Å². The number of nitrogens with one attached hydrogen (secondary N) is 1. The Balaban J connectivity index is 1.93. The third kappa shape index (κ3) is 2.81. The van der Waals surface area contributed by atoms with E-state index in [2.05, 4.69) is 9.98 Å². The largest absolute Gasteiger partial charge is 0.497 e. The highest BCUT2D eigenvalue weighted by molar-refractivity contribution is 6.12. The Bertz CT molecular complexity index is 736. The molecule has 1 aromatic carbocycles. The zero-order chi connectivity index (χ0) is 14.7. The van der Waals surface area contributed by atoms with Gasteiger partial charge in [0, 0.05) is 17.2 Å². The van der Waals surface area contributed by atoms with Crippen molar-refractivity contribution in [2.45, 2.75) is 0 Å². The molecule has 0 saturated heterocycles. The summed E-state index contributed by atoms with van der Waals surface area (Å²) in [6, 6.07) is 10.9. The van der Waals surface area contributed by atoms with Crippen LogP contribution in [0.5, 0.6) is 5.75 Å². The summed E-state index contributed by atoms with van der Waals surface area (Å²) in [6.45, 7) is 0. The number of methoxy groups -OCH3 is 1. The van der Waals surface area contributed by atoms with Gasteiger partial charge in [0.15, 0.2) is 18.1 Å². The van der Waals surface area contributed by atoms with Gasteiger partial charge in [0.1, 0.15) is 5.75 Å². The van der Waals surface area contributed by atoms with E-state index in [9.17, 15) is 4.79 Å². The predicted molar refractivity (Wildman–Crippen MR) is 76.6 cm³/mol. The Morgan fingerprint density at radius 1 is 1.29 bits per heavy atom. The number of ether oxygens (including phenoxy) is 2. The van der Waals surface area contributed by atoms with Crippen LogP contribution in [0, 0.1) is 0 Å². The van der Waals surface area contributed by atoms with Crippen LogP contribution in [0.15, 0.2) is 59.5 Å². The van der Waals surface area contributed by atoms with E-state index in [0.29, 0.717) is 11.3 Å². The fraction of sp³-hybridized carbons (Fsp3) is 0.0625. The minimum atomic E-state index is -0.461. The maximum Gasteiger partial charge on any atom is 0.363 e. The van der Waals surface area contributed by atoms with E-state index in [1.807, 2.05) is 30.3 Å². The first-order chi connectivity index (χ1) is 10.3. The number of aromatic nitrogens is 1. The molecule has 0 bridgehead atoms. The van der Waals surface area contributed by atoms with Crippen LogP contribution in [-0.4, -0.2) is 19.0 Å². The van der Waals surface area contributed by atoms with Crippen molar-refractivity contribution in [3.63, 3.8) is 0 Å². The van der Waals surface area contributed by atoms with Crippen molar-refractivity contribution in [1.29, 1.82) is 0 Å². The summed E-state index contributed by atoms with van der Waals surface area (Å²) in [5, 5.41) is 0. The number of aliphatic imine (C=N–C) groups is 1. The summed E-state index contributed by atoms with van der Waals surface area (Å²) in [7, 11) is 1.58. The first kappa shape index (κ1) is 13.1. The minimum absolute atomic E-state index is 0.271. The number of pyridine rings is 1. The van der Waals surface area contributed by atoms with Crippen molar-refractivity contribution >= 4 is 17.9 Å². The Kier molecular flexibility index (Phi) is 3.47. The molecule has 0 radical (unpaired) electrons. The summed E-state index contributed by atoms with van der Waals surface area (Å²) in [4.78, 5) is 19.1. The molecule has 0 fully saturated rings. The Hall–Kier alpha value is -2.95. The summed E-state index contributed by atoms with van der Waals surface area (Å²) in [5.74, 6) is 0.503. The molecule has 0 spiro atoms. The molecule has 104 valence electrons. The second-order valence-corrected chi connectivity index (χ2v) is 4.40. The molecule has 1 aliphatic rings. The molecular weight excluding hydrogens is 268 g/mol. The van der Waals surface area contributed by atoms with Gasteiger partial charge in [-0.3, -0.25) is 0 Å². The first-order valence-corrected chi connectivity index (χ1v) is 6.39. The highest BCUT2D eigenvalue weighted by atomic mass is 16.6. The van der Waals surface area contributed by atoms with Crippen molar-refractivity contribution in [2.24, 2.45) is 4.99 Å². The maximum absolute atomic E-state index is 11.9. The van der Waals surface area contributed by atoms with Gasteiger partial charge in [-0.1, -0.05) is 6.07 Å². The number of nitrogens with zero attached hydrogens (tertiary/aromatic N) is 1. The van der Waals surface area contributed by atoms with Gasteiger partial charge in [-0.2, -0.15) is 0 Å². The molecule has 0 atom stereocenters. The highest BCUT2D eigenvalue weighted by Gasteiger charge is 2.24. The van der Waals surface area contributed by atoms with E-state index in [4.69, 9.17) is 9.47 Å². The number of benzene rings is 1. The fourth-order valence-electron chi connectivity index (χ4n) is 1.94. The monoisotopic (exact) mass is 281 g/mol. The molecule has 2 heterocycles. The van der Waals surface area contributed by atoms with Crippen molar-refractivity contribution < 1.29 is 19.3 Å². The van der Waals surface area contributed by atoms with Crippen LogP contribution in [0.25, 0.3) is 6.08 Å². The fourth-order valence-corrected chi connectivity index (χ4v) is 1.94. The van der Waals surface area contributed by atoms with Gasteiger partial charge in [-0.15, -0.1) is 0 Å². The van der Waals surface area contributed by atoms with Gasteiger partial charge >= 0.3 is 5.97 Å². The van der Waals surface area contributed by atoms with Gasteiger partial charge in [0.05, 0.1) is 7.11 Å². The lowest BCUT2D eigenvalue weighted by molar-refractivity contribution is -0.378. The molecule has 21 heavy (non-hydrogen) atoms. The second kappa shape index (κ2) is 5.58. The molecule has 0 saturated carbocycles. The third-order valence-corrected chi connectivity index (χ3v) is 2.97. The number of esters is 1. The smallest absolute Gasteiger partial charge is 0.363 e. The van der Waals surface area contributed by atoms with Crippen LogP contribution in [-0.2, 0) is 9.53 Å². The van der Waals surface area contributed by atoms with E-state index in [0.717, 1.165) is 5.56 Å². The molecule has 0 amide bonds. The van der Waals surface area contributed by atoms with Crippen LogP contribution in [0.4, 0.5) is 0 Å². The molecule has 5 nitrogen and oxygen atoms in total. The molecule has 1 aromatic heterocycles. The topological polar surface area (TPSA) is 62.0 Å². The molecule has 5 heteroatoms. The third-order valence-electron chi connectivity index (χ3n) is 2.97. The zero-order valence-electron chi connectivity index (χ0n) is 11.4. The number of carbonyl (C=O) groups excluding carboxylic acids is 1. The number of carbonyl (C=O) groups is 1. The van der Waals surface area contributed by atoms with Crippen LogP contribution in [0.1, 0.15) is 11.1 Å². The number of hydrogen-bond donors (Lipinski definition) is 0. The Morgan fingerprint density at radius 2 is 2.19 bits per heavy atom. The van der Waals surface area contributed by atoms with Gasteiger partial charge < -0.3 is 9.47 Å². The minimum Gasteiger partial charge on any atom is -0.497 e. The van der Waals surface area contributed by atoms with Crippen molar-refractivity contribution in [2.75, 3.05) is 7.11 Å². The summed E-state index contributed by atoms with van der Waals surface area (Å²) in [6.07, 6.45) is 5.24. The van der Waals surface area contributed by atoms with Crippen LogP contribution in [0.3, 0.4) is 0 Å². The molecule has 1 N–H and O–H groups in total. The van der Waals surface area contributed by atoms with Gasteiger partial charge in [-0.05, 0) is 30.3 Å². The zero-order valence-corrected chi connectivity index (χ0v) is 11.4. The summed E-state index contributed by atoms with van der Waals surface area (Å²) in [5.41, 5.74) is 1.82. The lowest BCUT2D eigenvalue weighted by Gasteiger charge is -2.02. The SMILES string of the molecule is COc1cccc(C2=NC(=Cc3ccc[nH+]c3)C(=O)O2)c1. The lowest BCUT2D eigenvalue weighted by Crippen LogP contribution is -2.05. The average molecular weight is 281 g/mol. The van der Waals surface area contributed by atoms with E-state index < -0.39 is 5.97 Å². The molecule has 0 aliphatic carbocycles. The average Bonchev–Trinajstić information content (AvgIpc) is 2.89. The van der Waals surface area contributed by atoms with Crippen molar-refractivity contribution in [3.8, 4) is 5.75 Å². The molecule has 0 unspecified atom stereocenters. The highest BCUT2D eigenvalue weighted by Crippen LogP contribution is 2.21. The standard InChI is InChI=1S/C16H12N2O3/c1-20-13-6-2-5-12(9-13)15-18-14(16(19)21-15)8-11-4-3-7-17-10-11/h2-10H,1H3/p+1. The lowest BCUT2D eigenvalue weighted by atomic mass is 10.2.